The highest BCUT2D eigenvalue weighted by atomic mass is 79.9. The normalized spacial score (nSPS) is 10.2. The topological polar surface area (TPSA) is 56.9 Å². The second kappa shape index (κ2) is 4.33. The fraction of sp³-hybridized carbons (Fsp3) is 0.250. The van der Waals surface area contributed by atoms with Crippen LogP contribution in [0.4, 0.5) is 8.78 Å². The molecular weight excluding hydrogens is 258 g/mol. The van der Waals surface area contributed by atoms with Crippen LogP contribution in [0.3, 0.4) is 0 Å². The van der Waals surface area contributed by atoms with Crippen molar-refractivity contribution < 1.29 is 13.9 Å². The molecule has 0 spiro atoms. The Morgan fingerprint density at radius 1 is 1.64 bits per heavy atom. The highest BCUT2D eigenvalue weighted by Gasteiger charge is 2.19. The quantitative estimate of drug-likeness (QED) is 0.834. The first-order chi connectivity index (χ1) is 6.61. The Hall–Kier alpha value is -1.22. The first kappa shape index (κ1) is 10.9. The molecule has 0 aromatic carbocycles. The first-order valence-electron chi connectivity index (χ1n) is 3.56. The van der Waals surface area contributed by atoms with Gasteiger partial charge in [-0.3, -0.25) is 0 Å². The Bertz CT molecular complexity index is 390. The van der Waals surface area contributed by atoms with Crippen molar-refractivity contribution >= 4 is 15.9 Å². The molecule has 1 N–H and O–H groups in total. The van der Waals surface area contributed by atoms with Gasteiger partial charge in [-0.05, 0) is 0 Å². The van der Waals surface area contributed by atoms with Crippen LogP contribution in [-0.4, -0.2) is 10.1 Å². The van der Waals surface area contributed by atoms with Gasteiger partial charge in [0, 0.05) is 10.9 Å². The number of nitrogens with zero attached hydrogens (tertiary/aromatic N) is 2. The highest BCUT2D eigenvalue weighted by Crippen LogP contribution is 2.29. The van der Waals surface area contributed by atoms with Gasteiger partial charge < -0.3 is 5.11 Å². The standard InChI is InChI=1S/C8H5BrF2N2O/c9-1-4-5(2-12)7(8(10)11)13-3-6(4)14/h3,8,14H,1H2. The molecule has 6 heteroatoms. The molecule has 0 aliphatic rings. The number of alkyl halides is 3. The van der Waals surface area contributed by atoms with Crippen molar-refractivity contribution in [2.45, 2.75) is 11.8 Å². The van der Waals surface area contributed by atoms with Gasteiger partial charge in [0.1, 0.15) is 17.5 Å². The van der Waals surface area contributed by atoms with Gasteiger partial charge in [-0.2, -0.15) is 5.26 Å². The number of aromatic hydroxyl groups is 1. The van der Waals surface area contributed by atoms with E-state index in [-0.39, 0.29) is 22.2 Å². The molecule has 0 unspecified atom stereocenters. The third-order valence-electron chi connectivity index (χ3n) is 1.65. The van der Waals surface area contributed by atoms with E-state index in [0.717, 1.165) is 6.20 Å². The Kier molecular flexibility index (Phi) is 3.36. The SMILES string of the molecule is N#Cc1c(C(F)F)ncc(O)c1CBr. The summed E-state index contributed by atoms with van der Waals surface area (Å²) in [4.78, 5) is 3.31. The van der Waals surface area contributed by atoms with Gasteiger partial charge >= 0.3 is 0 Å². The molecule has 0 amide bonds. The van der Waals surface area contributed by atoms with Crippen LogP contribution in [0.25, 0.3) is 0 Å². The van der Waals surface area contributed by atoms with E-state index >= 15 is 0 Å². The van der Waals surface area contributed by atoms with Crippen molar-refractivity contribution in [3.8, 4) is 11.8 Å². The van der Waals surface area contributed by atoms with E-state index < -0.39 is 12.1 Å². The number of rotatable bonds is 2. The van der Waals surface area contributed by atoms with Crippen LogP contribution in [0, 0.1) is 11.3 Å². The van der Waals surface area contributed by atoms with Crippen LogP contribution in [0.1, 0.15) is 23.2 Å². The average molecular weight is 263 g/mol. The van der Waals surface area contributed by atoms with E-state index in [1.54, 1.807) is 6.07 Å². The fourth-order valence-corrected chi connectivity index (χ4v) is 1.55. The largest absolute Gasteiger partial charge is 0.506 e. The summed E-state index contributed by atoms with van der Waals surface area (Å²) in [5.74, 6) is -0.261. The number of nitriles is 1. The monoisotopic (exact) mass is 262 g/mol. The van der Waals surface area contributed by atoms with E-state index in [0.29, 0.717) is 0 Å². The second-order valence-electron chi connectivity index (χ2n) is 2.43. The van der Waals surface area contributed by atoms with Crippen LogP contribution in [-0.2, 0) is 5.33 Å². The zero-order valence-electron chi connectivity index (χ0n) is 6.84. The Morgan fingerprint density at radius 3 is 2.71 bits per heavy atom. The summed E-state index contributed by atoms with van der Waals surface area (Å²) in [6.07, 6.45) is -1.90. The molecule has 0 fully saturated rings. The van der Waals surface area contributed by atoms with Gasteiger partial charge in [0.15, 0.2) is 0 Å². The van der Waals surface area contributed by atoms with Gasteiger partial charge in [0.2, 0.25) is 0 Å². The van der Waals surface area contributed by atoms with E-state index in [4.69, 9.17) is 5.26 Å². The van der Waals surface area contributed by atoms with Crippen molar-refractivity contribution in [3.05, 3.63) is 23.0 Å². The van der Waals surface area contributed by atoms with Crippen molar-refractivity contribution in [2.75, 3.05) is 0 Å². The highest BCUT2D eigenvalue weighted by molar-refractivity contribution is 9.08. The third kappa shape index (κ3) is 1.82. The van der Waals surface area contributed by atoms with E-state index in [2.05, 4.69) is 20.9 Å². The van der Waals surface area contributed by atoms with Gasteiger partial charge in [-0.25, -0.2) is 13.8 Å². The van der Waals surface area contributed by atoms with Crippen molar-refractivity contribution in [2.24, 2.45) is 0 Å². The van der Waals surface area contributed by atoms with Gasteiger partial charge in [-0.15, -0.1) is 0 Å². The Balaban J connectivity index is 3.43. The summed E-state index contributed by atoms with van der Waals surface area (Å²) in [6, 6.07) is 1.60. The summed E-state index contributed by atoms with van der Waals surface area (Å²) < 4.78 is 24.7. The minimum atomic E-state index is -2.82. The Morgan fingerprint density at radius 2 is 2.29 bits per heavy atom. The number of aromatic nitrogens is 1. The zero-order chi connectivity index (χ0) is 10.7. The summed E-state index contributed by atoms with van der Waals surface area (Å²) in [5, 5.41) is 18.0. The maximum Gasteiger partial charge on any atom is 0.281 e. The molecule has 1 rings (SSSR count). The number of halogens is 3. The van der Waals surface area contributed by atoms with E-state index in [1.165, 1.54) is 0 Å². The second-order valence-corrected chi connectivity index (χ2v) is 2.99. The molecule has 0 saturated carbocycles. The fourth-order valence-electron chi connectivity index (χ4n) is 0.981. The smallest absolute Gasteiger partial charge is 0.281 e. The number of pyridine rings is 1. The summed E-state index contributed by atoms with van der Waals surface area (Å²) in [6.45, 7) is 0. The molecule has 1 aromatic heterocycles. The van der Waals surface area contributed by atoms with Crippen LogP contribution in [0.2, 0.25) is 0 Å². The molecule has 0 aliphatic heterocycles. The van der Waals surface area contributed by atoms with Gasteiger partial charge in [0.25, 0.3) is 6.43 Å². The molecule has 1 aromatic rings. The molecule has 0 radical (unpaired) electrons. The molecule has 3 nitrogen and oxygen atoms in total. The van der Waals surface area contributed by atoms with Crippen molar-refractivity contribution in [1.82, 2.24) is 4.98 Å². The Labute approximate surface area is 87.1 Å². The minimum Gasteiger partial charge on any atom is -0.506 e. The van der Waals surface area contributed by atoms with Crippen LogP contribution in [0.15, 0.2) is 6.20 Å². The zero-order valence-corrected chi connectivity index (χ0v) is 8.42. The third-order valence-corrected chi connectivity index (χ3v) is 2.21. The van der Waals surface area contributed by atoms with Crippen LogP contribution in [0.5, 0.6) is 5.75 Å². The lowest BCUT2D eigenvalue weighted by molar-refractivity contribution is 0.145. The molecule has 0 bridgehead atoms. The molecule has 74 valence electrons. The predicted molar refractivity (Wildman–Crippen MR) is 48.2 cm³/mol. The molecular formula is C8H5BrF2N2O. The molecule has 0 aliphatic carbocycles. The maximum atomic E-state index is 12.4. The van der Waals surface area contributed by atoms with Crippen molar-refractivity contribution in [1.29, 1.82) is 5.26 Å². The lowest BCUT2D eigenvalue weighted by Crippen LogP contribution is -1.99. The van der Waals surface area contributed by atoms with Gasteiger partial charge in [0.05, 0.1) is 11.8 Å². The number of hydrogen-bond acceptors (Lipinski definition) is 3. The van der Waals surface area contributed by atoms with E-state index in [9.17, 15) is 13.9 Å². The molecule has 0 atom stereocenters. The maximum absolute atomic E-state index is 12.4. The predicted octanol–water partition coefficient (Wildman–Crippen LogP) is 2.49. The first-order valence-corrected chi connectivity index (χ1v) is 4.69. The molecule has 0 saturated heterocycles. The summed E-state index contributed by atoms with van der Waals surface area (Å²) in [5.41, 5.74) is -0.727. The van der Waals surface area contributed by atoms with Crippen LogP contribution < -0.4 is 0 Å². The molecule has 1 heterocycles. The van der Waals surface area contributed by atoms with Crippen molar-refractivity contribution in [3.63, 3.8) is 0 Å². The van der Waals surface area contributed by atoms with Gasteiger partial charge in [-0.1, -0.05) is 15.9 Å². The summed E-state index contributed by atoms with van der Waals surface area (Å²) >= 11 is 3.00. The average Bonchev–Trinajstić information content (AvgIpc) is 2.16. The molecule has 14 heavy (non-hydrogen) atoms. The van der Waals surface area contributed by atoms with E-state index in [1.807, 2.05) is 0 Å². The lowest BCUT2D eigenvalue weighted by Gasteiger charge is -2.07. The minimum absolute atomic E-state index is 0.129. The lowest BCUT2D eigenvalue weighted by atomic mass is 10.1. The summed E-state index contributed by atoms with van der Waals surface area (Å²) in [7, 11) is 0. The van der Waals surface area contributed by atoms with Crippen LogP contribution >= 0.6 is 15.9 Å². The number of hydrogen-bond donors (Lipinski definition) is 1.